The minimum Gasteiger partial charge on any atom is -0.372 e. The maximum atomic E-state index is 12.2. The molecule has 120 valence electrons. The third kappa shape index (κ3) is 4.13. The number of piperidine rings is 1. The molecule has 0 aliphatic carbocycles. The molecule has 1 fully saturated rings. The second-order valence-corrected chi connectivity index (χ2v) is 6.26. The van der Waals surface area contributed by atoms with Gasteiger partial charge in [0.25, 0.3) is 5.91 Å². The van der Waals surface area contributed by atoms with E-state index in [0.29, 0.717) is 6.54 Å². The molecule has 0 bridgehead atoms. The van der Waals surface area contributed by atoms with Crippen molar-refractivity contribution in [3.63, 3.8) is 0 Å². The van der Waals surface area contributed by atoms with Crippen molar-refractivity contribution in [3.05, 3.63) is 65.2 Å². The zero-order valence-electron chi connectivity index (χ0n) is 13.7. The van der Waals surface area contributed by atoms with Crippen molar-refractivity contribution in [3.8, 4) is 0 Å². The summed E-state index contributed by atoms with van der Waals surface area (Å²) >= 11 is 0. The van der Waals surface area contributed by atoms with Gasteiger partial charge >= 0.3 is 0 Å². The van der Waals surface area contributed by atoms with E-state index in [-0.39, 0.29) is 5.91 Å². The summed E-state index contributed by atoms with van der Waals surface area (Å²) in [4.78, 5) is 14.6. The molecular formula is C20H24N2O. The van der Waals surface area contributed by atoms with Crippen molar-refractivity contribution in [2.24, 2.45) is 0 Å². The summed E-state index contributed by atoms with van der Waals surface area (Å²) in [7, 11) is 0. The predicted octanol–water partition coefficient (Wildman–Crippen LogP) is 3.92. The molecule has 0 aromatic heterocycles. The third-order valence-electron chi connectivity index (χ3n) is 4.42. The molecule has 3 nitrogen and oxygen atoms in total. The van der Waals surface area contributed by atoms with E-state index in [1.165, 1.54) is 30.5 Å². The molecule has 2 aromatic rings. The highest BCUT2D eigenvalue weighted by Crippen LogP contribution is 2.20. The summed E-state index contributed by atoms with van der Waals surface area (Å²) in [6, 6.07) is 16.2. The number of carbonyl (C=O) groups is 1. The Labute approximate surface area is 138 Å². The maximum absolute atomic E-state index is 12.2. The molecule has 0 radical (unpaired) electrons. The lowest BCUT2D eigenvalue weighted by Gasteiger charge is -2.28. The number of anilines is 1. The van der Waals surface area contributed by atoms with Crippen LogP contribution in [-0.2, 0) is 6.54 Å². The van der Waals surface area contributed by atoms with E-state index in [1.54, 1.807) is 0 Å². The summed E-state index contributed by atoms with van der Waals surface area (Å²) < 4.78 is 0. The van der Waals surface area contributed by atoms with Crippen LogP contribution in [0.1, 0.15) is 40.7 Å². The standard InChI is InChI=1S/C20H24N2O/c1-16-5-7-17(8-6-16)15-21-20(23)18-9-11-19(12-10-18)22-13-3-2-4-14-22/h5-12H,2-4,13-15H2,1H3,(H,21,23). The monoisotopic (exact) mass is 308 g/mol. The summed E-state index contributed by atoms with van der Waals surface area (Å²) in [5.41, 5.74) is 4.29. The lowest BCUT2D eigenvalue weighted by Crippen LogP contribution is -2.29. The van der Waals surface area contributed by atoms with Gasteiger partial charge in [-0.1, -0.05) is 29.8 Å². The Morgan fingerprint density at radius 2 is 1.61 bits per heavy atom. The lowest BCUT2D eigenvalue weighted by atomic mass is 10.1. The zero-order valence-corrected chi connectivity index (χ0v) is 13.7. The molecule has 3 rings (SSSR count). The SMILES string of the molecule is Cc1ccc(CNC(=O)c2ccc(N3CCCCC3)cc2)cc1. The Morgan fingerprint density at radius 3 is 2.26 bits per heavy atom. The van der Waals surface area contributed by atoms with E-state index in [4.69, 9.17) is 0 Å². The quantitative estimate of drug-likeness (QED) is 0.928. The molecule has 0 unspecified atom stereocenters. The molecule has 0 saturated carbocycles. The van der Waals surface area contributed by atoms with Crippen molar-refractivity contribution in [1.82, 2.24) is 5.32 Å². The number of hydrogen-bond donors (Lipinski definition) is 1. The zero-order chi connectivity index (χ0) is 16.1. The van der Waals surface area contributed by atoms with E-state index in [0.717, 1.165) is 24.2 Å². The Hall–Kier alpha value is -2.29. The van der Waals surface area contributed by atoms with Crippen LogP contribution in [0.2, 0.25) is 0 Å². The predicted molar refractivity (Wildman–Crippen MR) is 94.9 cm³/mol. The first-order valence-electron chi connectivity index (χ1n) is 8.41. The molecule has 1 amide bonds. The van der Waals surface area contributed by atoms with Crippen LogP contribution in [0, 0.1) is 6.92 Å². The molecule has 1 aliphatic heterocycles. The van der Waals surface area contributed by atoms with Gasteiger partial charge in [0, 0.05) is 30.9 Å². The van der Waals surface area contributed by atoms with Crippen molar-refractivity contribution in [2.45, 2.75) is 32.7 Å². The molecule has 1 saturated heterocycles. The van der Waals surface area contributed by atoms with Crippen LogP contribution < -0.4 is 10.2 Å². The number of aryl methyl sites for hydroxylation is 1. The van der Waals surface area contributed by atoms with Gasteiger partial charge in [-0.15, -0.1) is 0 Å². The van der Waals surface area contributed by atoms with E-state index >= 15 is 0 Å². The minimum atomic E-state index is -0.0178. The Balaban J connectivity index is 1.57. The van der Waals surface area contributed by atoms with Gasteiger partial charge in [0.15, 0.2) is 0 Å². The fraction of sp³-hybridized carbons (Fsp3) is 0.350. The third-order valence-corrected chi connectivity index (χ3v) is 4.42. The second-order valence-electron chi connectivity index (χ2n) is 6.26. The molecule has 1 N–H and O–H groups in total. The number of hydrogen-bond acceptors (Lipinski definition) is 2. The van der Waals surface area contributed by atoms with Gasteiger partial charge in [0.2, 0.25) is 0 Å². The number of amides is 1. The first kappa shape index (κ1) is 15.6. The van der Waals surface area contributed by atoms with Crippen molar-refractivity contribution in [1.29, 1.82) is 0 Å². The minimum absolute atomic E-state index is 0.0178. The second kappa shape index (κ2) is 7.32. The van der Waals surface area contributed by atoms with Crippen LogP contribution in [0.3, 0.4) is 0 Å². The molecule has 2 aromatic carbocycles. The summed E-state index contributed by atoms with van der Waals surface area (Å²) in [5.74, 6) is -0.0178. The topological polar surface area (TPSA) is 32.3 Å². The van der Waals surface area contributed by atoms with Gasteiger partial charge in [0.05, 0.1) is 0 Å². The highest BCUT2D eigenvalue weighted by atomic mass is 16.1. The smallest absolute Gasteiger partial charge is 0.251 e. The van der Waals surface area contributed by atoms with Crippen LogP contribution in [-0.4, -0.2) is 19.0 Å². The molecule has 1 aliphatic rings. The molecule has 1 heterocycles. The molecular weight excluding hydrogens is 284 g/mol. The largest absolute Gasteiger partial charge is 0.372 e. The lowest BCUT2D eigenvalue weighted by molar-refractivity contribution is 0.0951. The van der Waals surface area contributed by atoms with Gasteiger partial charge in [-0.2, -0.15) is 0 Å². The maximum Gasteiger partial charge on any atom is 0.251 e. The van der Waals surface area contributed by atoms with Crippen LogP contribution in [0.15, 0.2) is 48.5 Å². The van der Waals surface area contributed by atoms with Gasteiger partial charge in [-0.25, -0.2) is 0 Å². The van der Waals surface area contributed by atoms with Crippen molar-refractivity contribution >= 4 is 11.6 Å². The number of nitrogens with one attached hydrogen (secondary N) is 1. The van der Waals surface area contributed by atoms with Gasteiger partial charge in [0.1, 0.15) is 0 Å². The number of rotatable bonds is 4. The molecule has 0 atom stereocenters. The van der Waals surface area contributed by atoms with E-state index < -0.39 is 0 Å². The molecule has 3 heteroatoms. The van der Waals surface area contributed by atoms with Gasteiger partial charge in [-0.05, 0) is 56.0 Å². The first-order valence-corrected chi connectivity index (χ1v) is 8.41. The summed E-state index contributed by atoms with van der Waals surface area (Å²) in [6.45, 7) is 4.87. The first-order chi connectivity index (χ1) is 11.2. The average Bonchev–Trinajstić information content (AvgIpc) is 2.62. The molecule has 0 spiro atoms. The number of benzene rings is 2. The van der Waals surface area contributed by atoms with Crippen molar-refractivity contribution < 1.29 is 4.79 Å². The number of nitrogens with zero attached hydrogens (tertiary/aromatic N) is 1. The van der Waals surface area contributed by atoms with E-state index in [9.17, 15) is 4.79 Å². The Bertz CT molecular complexity index is 640. The van der Waals surface area contributed by atoms with Crippen LogP contribution >= 0.6 is 0 Å². The fourth-order valence-corrected chi connectivity index (χ4v) is 2.97. The Morgan fingerprint density at radius 1 is 0.957 bits per heavy atom. The average molecular weight is 308 g/mol. The summed E-state index contributed by atoms with van der Waals surface area (Å²) in [6.07, 6.45) is 3.85. The van der Waals surface area contributed by atoms with Crippen LogP contribution in [0.25, 0.3) is 0 Å². The van der Waals surface area contributed by atoms with Gasteiger partial charge < -0.3 is 10.2 Å². The Kier molecular flexibility index (Phi) is 4.96. The summed E-state index contributed by atoms with van der Waals surface area (Å²) in [5, 5.41) is 2.98. The van der Waals surface area contributed by atoms with Gasteiger partial charge in [-0.3, -0.25) is 4.79 Å². The fourth-order valence-electron chi connectivity index (χ4n) is 2.97. The van der Waals surface area contributed by atoms with E-state index in [1.807, 2.05) is 12.1 Å². The number of carbonyl (C=O) groups excluding carboxylic acids is 1. The van der Waals surface area contributed by atoms with Crippen molar-refractivity contribution in [2.75, 3.05) is 18.0 Å². The van der Waals surface area contributed by atoms with Crippen LogP contribution in [0.5, 0.6) is 0 Å². The highest BCUT2D eigenvalue weighted by Gasteiger charge is 2.11. The van der Waals surface area contributed by atoms with Crippen LogP contribution in [0.4, 0.5) is 5.69 Å². The van der Waals surface area contributed by atoms with E-state index in [2.05, 4.69) is 53.5 Å². The highest BCUT2D eigenvalue weighted by molar-refractivity contribution is 5.94. The normalized spacial score (nSPS) is 14.6. The molecule has 23 heavy (non-hydrogen) atoms.